The van der Waals surface area contributed by atoms with Gasteiger partial charge in [-0.05, 0) is 66.4 Å². The molecule has 2 N–H and O–H groups in total. The Kier molecular flexibility index (Phi) is 7.20. The third-order valence-electron chi connectivity index (χ3n) is 6.76. The van der Waals surface area contributed by atoms with Gasteiger partial charge in [-0.15, -0.1) is 0 Å². The van der Waals surface area contributed by atoms with Crippen LogP contribution in [0.3, 0.4) is 0 Å². The molecule has 3 atom stereocenters. The fraction of sp³-hybridized carbons (Fsp3) is 0.250. The lowest BCUT2D eigenvalue weighted by Gasteiger charge is -2.28. The van der Waals surface area contributed by atoms with Gasteiger partial charge in [0, 0.05) is 12.1 Å². The predicted octanol–water partition coefficient (Wildman–Crippen LogP) is 4.78. The minimum atomic E-state index is -0.841. The van der Waals surface area contributed by atoms with Gasteiger partial charge in [0.2, 0.25) is 11.8 Å². The van der Waals surface area contributed by atoms with Crippen LogP contribution < -0.4 is 10.5 Å². The molecule has 3 aromatic rings. The summed E-state index contributed by atoms with van der Waals surface area (Å²) in [5, 5.41) is 0.739. The number of carbonyl (C=O) groups excluding carboxylic acids is 3. The largest absolute Gasteiger partial charge is 0.457 e. The Morgan fingerprint density at radius 1 is 1.03 bits per heavy atom. The lowest BCUT2D eigenvalue weighted by Crippen LogP contribution is -2.44. The van der Waals surface area contributed by atoms with E-state index in [1.54, 1.807) is 53.4 Å². The van der Waals surface area contributed by atoms with Crippen molar-refractivity contribution < 1.29 is 23.9 Å². The molecule has 3 aromatic carbocycles. The topological polar surface area (TPSA) is 98.9 Å². The number of benzene rings is 3. The van der Waals surface area contributed by atoms with Crippen molar-refractivity contribution in [3.8, 4) is 11.5 Å². The van der Waals surface area contributed by atoms with E-state index in [1.807, 2.05) is 18.2 Å². The molecule has 2 aliphatic heterocycles. The third-order valence-corrected chi connectivity index (χ3v) is 7.50. The highest BCUT2D eigenvalue weighted by Crippen LogP contribution is 2.36. The van der Waals surface area contributed by atoms with Crippen LogP contribution in [0.15, 0.2) is 66.7 Å². The molecule has 3 unspecified atom stereocenters. The maximum absolute atomic E-state index is 14.1. The maximum Gasteiger partial charge on any atom is 0.249 e. The van der Waals surface area contributed by atoms with E-state index in [1.165, 1.54) is 0 Å². The number of hydrogen-bond donors (Lipinski definition) is 1. The number of primary amides is 1. The van der Waals surface area contributed by atoms with Crippen LogP contribution in [0.25, 0.3) is 0 Å². The summed E-state index contributed by atoms with van der Waals surface area (Å²) in [6, 6.07) is 18.5. The normalized spacial score (nSPS) is 19.5. The number of halogens is 2. The van der Waals surface area contributed by atoms with E-state index in [0.717, 1.165) is 5.56 Å². The molecule has 7 nitrogen and oxygen atoms in total. The minimum Gasteiger partial charge on any atom is -0.457 e. The number of carbonyl (C=O) groups is 3. The molecular formula is C28H24Cl2N2O5. The van der Waals surface area contributed by atoms with Gasteiger partial charge in [0.05, 0.1) is 22.1 Å². The van der Waals surface area contributed by atoms with Crippen LogP contribution in [-0.4, -0.2) is 47.8 Å². The quantitative estimate of drug-likeness (QED) is 0.466. The van der Waals surface area contributed by atoms with Crippen molar-refractivity contribution in [3.63, 3.8) is 0 Å². The summed E-state index contributed by atoms with van der Waals surface area (Å²) in [6.07, 6.45) is 0.459. The second kappa shape index (κ2) is 10.5. The molecule has 0 spiro atoms. The molecule has 0 saturated carbocycles. The molecule has 5 rings (SSSR count). The van der Waals surface area contributed by atoms with Crippen molar-refractivity contribution in [2.75, 3.05) is 13.2 Å². The van der Waals surface area contributed by atoms with E-state index >= 15 is 0 Å². The smallest absolute Gasteiger partial charge is 0.249 e. The molecule has 2 fully saturated rings. The average Bonchev–Trinajstić information content (AvgIpc) is 3.47. The Morgan fingerprint density at radius 2 is 1.81 bits per heavy atom. The zero-order chi connectivity index (χ0) is 26.1. The lowest BCUT2D eigenvalue weighted by molar-refractivity contribution is -0.137. The standard InChI is InChI=1S/C28H24Cl2N2O5/c29-22-9-6-16(13-23(22)30)12-21(28(35)32-11-10-25-26(32)24(33)15-36-25)20-14-18(7-8-19(20)27(31)34)37-17-4-2-1-3-5-17/h1-9,13-14,21,25-26H,10-12,15H2,(H2,31,34). The number of para-hydroxylation sites is 1. The molecule has 0 radical (unpaired) electrons. The van der Waals surface area contributed by atoms with Gasteiger partial charge in [-0.3, -0.25) is 14.4 Å². The molecule has 2 aliphatic rings. The zero-order valence-corrected chi connectivity index (χ0v) is 21.2. The highest BCUT2D eigenvalue weighted by Gasteiger charge is 2.48. The molecule has 0 aromatic heterocycles. The van der Waals surface area contributed by atoms with Crippen molar-refractivity contribution in [2.24, 2.45) is 5.73 Å². The average molecular weight is 539 g/mol. The Morgan fingerprint density at radius 3 is 2.54 bits per heavy atom. The Labute approximate surface area is 224 Å². The van der Waals surface area contributed by atoms with Gasteiger partial charge in [0.15, 0.2) is 5.78 Å². The Hall–Kier alpha value is -3.39. The first kappa shape index (κ1) is 25.3. The zero-order valence-electron chi connectivity index (χ0n) is 19.7. The van der Waals surface area contributed by atoms with E-state index < -0.39 is 17.9 Å². The van der Waals surface area contributed by atoms with Gasteiger partial charge in [-0.2, -0.15) is 0 Å². The second-order valence-electron chi connectivity index (χ2n) is 9.11. The fourth-order valence-electron chi connectivity index (χ4n) is 5.02. The molecule has 37 heavy (non-hydrogen) atoms. The van der Waals surface area contributed by atoms with Crippen molar-refractivity contribution in [2.45, 2.75) is 30.9 Å². The molecule has 9 heteroatoms. The fourth-order valence-corrected chi connectivity index (χ4v) is 5.34. The van der Waals surface area contributed by atoms with Gasteiger partial charge in [-0.1, -0.05) is 47.5 Å². The summed E-state index contributed by atoms with van der Waals surface area (Å²) in [6.45, 7) is 0.368. The molecule has 0 bridgehead atoms. The van der Waals surface area contributed by atoms with Crippen LogP contribution in [0.4, 0.5) is 0 Å². The summed E-state index contributed by atoms with van der Waals surface area (Å²) in [7, 11) is 0. The predicted molar refractivity (Wildman–Crippen MR) is 139 cm³/mol. The van der Waals surface area contributed by atoms with Crippen molar-refractivity contribution in [1.29, 1.82) is 0 Å². The van der Waals surface area contributed by atoms with Crippen LogP contribution in [-0.2, 0) is 20.7 Å². The Balaban J connectivity index is 1.57. The molecular weight excluding hydrogens is 515 g/mol. The van der Waals surface area contributed by atoms with Gasteiger partial charge in [-0.25, -0.2) is 0 Å². The van der Waals surface area contributed by atoms with Crippen molar-refractivity contribution in [1.82, 2.24) is 4.90 Å². The number of likely N-dealkylation sites (tertiary alicyclic amines) is 1. The van der Waals surface area contributed by atoms with Crippen molar-refractivity contribution in [3.05, 3.63) is 93.5 Å². The van der Waals surface area contributed by atoms with Gasteiger partial charge >= 0.3 is 0 Å². The van der Waals surface area contributed by atoms with E-state index in [9.17, 15) is 14.4 Å². The minimum absolute atomic E-state index is 0.0104. The Bertz CT molecular complexity index is 1360. The lowest BCUT2D eigenvalue weighted by atomic mass is 9.86. The monoisotopic (exact) mass is 538 g/mol. The summed E-state index contributed by atoms with van der Waals surface area (Å²) in [5.74, 6) is -0.891. The summed E-state index contributed by atoms with van der Waals surface area (Å²) < 4.78 is 11.6. The van der Waals surface area contributed by atoms with Crippen LogP contribution in [0.2, 0.25) is 10.0 Å². The molecule has 0 aliphatic carbocycles. The number of amides is 2. The van der Waals surface area contributed by atoms with Crippen LogP contribution >= 0.6 is 23.2 Å². The van der Waals surface area contributed by atoms with Crippen LogP contribution in [0.5, 0.6) is 11.5 Å². The second-order valence-corrected chi connectivity index (χ2v) is 9.93. The highest BCUT2D eigenvalue weighted by molar-refractivity contribution is 6.42. The number of fused-ring (bicyclic) bond motifs is 1. The number of rotatable bonds is 7. The SMILES string of the molecule is NC(=O)c1ccc(Oc2ccccc2)cc1C(Cc1ccc(Cl)c(Cl)c1)C(=O)N1CCC2OCC(=O)C21. The summed E-state index contributed by atoms with van der Waals surface area (Å²) in [5.41, 5.74) is 7.08. The number of ether oxygens (including phenoxy) is 2. The van der Waals surface area contributed by atoms with E-state index in [0.29, 0.717) is 40.1 Å². The first-order chi connectivity index (χ1) is 17.8. The number of hydrogen-bond acceptors (Lipinski definition) is 5. The number of ketones is 1. The number of nitrogens with two attached hydrogens (primary N) is 1. The highest BCUT2D eigenvalue weighted by atomic mass is 35.5. The van der Waals surface area contributed by atoms with Gasteiger partial charge < -0.3 is 20.1 Å². The molecule has 2 saturated heterocycles. The summed E-state index contributed by atoms with van der Waals surface area (Å²) in [4.78, 5) is 40.7. The van der Waals surface area contributed by atoms with Crippen molar-refractivity contribution >= 4 is 40.8 Å². The number of Topliss-reactive ketones (excluding diaryl/α,β-unsaturated/α-hetero) is 1. The van der Waals surface area contributed by atoms with Crippen LogP contribution in [0, 0.1) is 0 Å². The van der Waals surface area contributed by atoms with Gasteiger partial charge in [0.1, 0.15) is 24.1 Å². The number of nitrogens with zero attached hydrogens (tertiary/aromatic N) is 1. The first-order valence-electron chi connectivity index (χ1n) is 11.9. The molecule has 2 heterocycles. The third kappa shape index (κ3) is 5.21. The molecule has 2 amide bonds. The van der Waals surface area contributed by atoms with Gasteiger partial charge in [0.25, 0.3) is 0 Å². The van der Waals surface area contributed by atoms with Crippen LogP contribution in [0.1, 0.15) is 33.8 Å². The summed E-state index contributed by atoms with van der Waals surface area (Å²) >= 11 is 12.4. The first-order valence-corrected chi connectivity index (χ1v) is 12.6. The van der Waals surface area contributed by atoms with E-state index in [-0.39, 0.29) is 36.4 Å². The maximum atomic E-state index is 14.1. The van der Waals surface area contributed by atoms with E-state index in [4.69, 9.17) is 38.4 Å². The molecule has 190 valence electrons. The van der Waals surface area contributed by atoms with E-state index in [2.05, 4.69) is 0 Å².